The van der Waals surface area contributed by atoms with Gasteiger partial charge in [0.05, 0.1) is 13.2 Å². The lowest BCUT2D eigenvalue weighted by Gasteiger charge is -2.15. The van der Waals surface area contributed by atoms with E-state index in [-0.39, 0.29) is 32.1 Å². The first kappa shape index (κ1) is 50.7. The molecular formula is C43H76NO8P. The van der Waals surface area contributed by atoms with Gasteiger partial charge in [-0.15, -0.1) is 0 Å². The average molecular weight is 766 g/mol. The molecule has 0 aliphatic rings. The van der Waals surface area contributed by atoms with Gasteiger partial charge in [0.25, 0.3) is 0 Å². The zero-order valence-corrected chi connectivity index (χ0v) is 34.3. The number of allylic oxidation sites excluding steroid dienone is 10. The van der Waals surface area contributed by atoms with Gasteiger partial charge in [-0.2, -0.15) is 0 Å². The first-order valence-corrected chi connectivity index (χ1v) is 22.3. The SMILES string of the molecule is CC/C=C\C/C=C\C/C=C\C/C=C\C/C=C\CCCCCCCCCC(=O)OCC(O)COP(=O)(O)OCCNC(=O)CCCCCCCCCCC. The third kappa shape index (κ3) is 40.7. The Morgan fingerprint density at radius 3 is 1.62 bits per heavy atom. The number of unbranched alkanes of at least 4 members (excludes halogenated alkanes) is 15. The number of hydrogen-bond acceptors (Lipinski definition) is 7. The summed E-state index contributed by atoms with van der Waals surface area (Å²) in [5, 5.41) is 12.7. The lowest BCUT2D eigenvalue weighted by atomic mass is 10.1. The van der Waals surface area contributed by atoms with Crippen LogP contribution in [0.25, 0.3) is 0 Å². The van der Waals surface area contributed by atoms with Crippen LogP contribution in [0.3, 0.4) is 0 Å². The van der Waals surface area contributed by atoms with Crippen LogP contribution in [-0.2, 0) is 27.9 Å². The maximum absolute atomic E-state index is 12.0. The van der Waals surface area contributed by atoms with Crippen molar-refractivity contribution in [1.82, 2.24) is 5.32 Å². The Hall–Kier alpha value is -2.29. The Morgan fingerprint density at radius 1 is 0.604 bits per heavy atom. The summed E-state index contributed by atoms with van der Waals surface area (Å²) in [6.45, 7) is 3.39. The van der Waals surface area contributed by atoms with Crippen LogP contribution in [0.2, 0.25) is 0 Å². The second kappa shape index (κ2) is 39.4. The van der Waals surface area contributed by atoms with Gasteiger partial charge >= 0.3 is 13.8 Å². The Bertz CT molecular complexity index is 1050. The molecule has 0 aliphatic heterocycles. The lowest BCUT2D eigenvalue weighted by molar-refractivity contribution is -0.147. The largest absolute Gasteiger partial charge is 0.472 e. The quantitative estimate of drug-likeness (QED) is 0.0245. The summed E-state index contributed by atoms with van der Waals surface area (Å²) < 4.78 is 26.8. The fourth-order valence-electron chi connectivity index (χ4n) is 5.35. The number of aliphatic hydroxyl groups is 1. The van der Waals surface area contributed by atoms with E-state index in [0.29, 0.717) is 6.42 Å². The molecule has 0 saturated carbocycles. The highest BCUT2D eigenvalue weighted by Gasteiger charge is 2.23. The van der Waals surface area contributed by atoms with Crippen LogP contribution < -0.4 is 5.32 Å². The van der Waals surface area contributed by atoms with Crippen LogP contribution in [0.4, 0.5) is 0 Å². The Labute approximate surface area is 323 Å². The zero-order valence-electron chi connectivity index (χ0n) is 33.4. The van der Waals surface area contributed by atoms with Crippen molar-refractivity contribution in [2.24, 2.45) is 0 Å². The van der Waals surface area contributed by atoms with E-state index in [9.17, 15) is 24.2 Å². The Balaban J connectivity index is 3.64. The molecule has 0 saturated heterocycles. The molecule has 53 heavy (non-hydrogen) atoms. The molecule has 0 aromatic carbocycles. The number of carbonyl (C=O) groups excluding carboxylic acids is 2. The highest BCUT2D eigenvalue weighted by atomic mass is 31.2. The van der Waals surface area contributed by atoms with Crippen LogP contribution in [0.15, 0.2) is 60.8 Å². The van der Waals surface area contributed by atoms with Gasteiger partial charge in [0.2, 0.25) is 5.91 Å². The number of aliphatic hydroxyl groups excluding tert-OH is 1. The Morgan fingerprint density at radius 2 is 1.08 bits per heavy atom. The van der Waals surface area contributed by atoms with Crippen LogP contribution in [0.5, 0.6) is 0 Å². The zero-order chi connectivity index (χ0) is 38.9. The van der Waals surface area contributed by atoms with Crippen molar-refractivity contribution < 1.29 is 37.9 Å². The smallest absolute Gasteiger partial charge is 0.463 e. The van der Waals surface area contributed by atoms with Crippen molar-refractivity contribution in [3.63, 3.8) is 0 Å². The van der Waals surface area contributed by atoms with Crippen molar-refractivity contribution >= 4 is 19.7 Å². The van der Waals surface area contributed by atoms with Crippen molar-refractivity contribution in [3.8, 4) is 0 Å². The van der Waals surface area contributed by atoms with Gasteiger partial charge in [-0.25, -0.2) is 4.57 Å². The van der Waals surface area contributed by atoms with Crippen molar-refractivity contribution in [2.75, 3.05) is 26.4 Å². The molecule has 9 nitrogen and oxygen atoms in total. The number of rotatable bonds is 38. The van der Waals surface area contributed by atoms with Crippen molar-refractivity contribution in [1.29, 1.82) is 0 Å². The average Bonchev–Trinajstić information content (AvgIpc) is 3.14. The fraction of sp³-hybridized carbons (Fsp3) is 0.721. The molecule has 0 aliphatic carbocycles. The third-order valence-corrected chi connectivity index (χ3v) is 9.45. The molecule has 3 N–H and O–H groups in total. The number of hydrogen-bond donors (Lipinski definition) is 3. The summed E-state index contributed by atoms with van der Waals surface area (Å²) in [5.74, 6) is -0.533. The molecule has 0 spiro atoms. The first-order valence-electron chi connectivity index (χ1n) is 20.8. The number of nitrogens with one attached hydrogen (secondary N) is 1. The van der Waals surface area contributed by atoms with Gasteiger partial charge in [0, 0.05) is 19.4 Å². The predicted octanol–water partition coefficient (Wildman–Crippen LogP) is 11.3. The lowest BCUT2D eigenvalue weighted by Crippen LogP contribution is -2.27. The highest BCUT2D eigenvalue weighted by molar-refractivity contribution is 7.47. The number of carbonyl (C=O) groups is 2. The second-order valence-corrected chi connectivity index (χ2v) is 15.0. The van der Waals surface area contributed by atoms with E-state index in [1.807, 2.05) is 0 Å². The van der Waals surface area contributed by atoms with Crippen molar-refractivity contribution in [2.45, 2.75) is 174 Å². The fourth-order valence-corrected chi connectivity index (χ4v) is 6.10. The van der Waals surface area contributed by atoms with Gasteiger partial charge in [0.15, 0.2) is 0 Å². The van der Waals surface area contributed by atoms with Crippen LogP contribution in [-0.4, -0.2) is 54.3 Å². The predicted molar refractivity (Wildman–Crippen MR) is 220 cm³/mol. The molecule has 0 bridgehead atoms. The molecular weight excluding hydrogens is 689 g/mol. The minimum atomic E-state index is -4.41. The molecule has 0 aromatic heterocycles. The molecule has 0 aromatic rings. The maximum Gasteiger partial charge on any atom is 0.472 e. The summed E-state index contributed by atoms with van der Waals surface area (Å²) in [6.07, 6.45) is 45.8. The van der Waals surface area contributed by atoms with E-state index in [1.54, 1.807) is 0 Å². The minimum Gasteiger partial charge on any atom is -0.463 e. The molecule has 0 heterocycles. The van der Waals surface area contributed by atoms with E-state index in [4.69, 9.17) is 13.8 Å². The molecule has 0 rings (SSSR count). The highest BCUT2D eigenvalue weighted by Crippen LogP contribution is 2.42. The van der Waals surface area contributed by atoms with E-state index < -0.39 is 26.5 Å². The number of amides is 1. The van der Waals surface area contributed by atoms with E-state index in [1.165, 1.54) is 57.8 Å². The second-order valence-electron chi connectivity index (χ2n) is 13.6. The number of esters is 1. The third-order valence-electron chi connectivity index (χ3n) is 8.46. The topological polar surface area (TPSA) is 131 Å². The molecule has 0 fully saturated rings. The van der Waals surface area contributed by atoms with Gasteiger partial charge in [0.1, 0.15) is 12.7 Å². The molecule has 1 amide bonds. The number of ether oxygens (including phenoxy) is 1. The summed E-state index contributed by atoms with van der Waals surface area (Å²) in [5.41, 5.74) is 0. The minimum absolute atomic E-state index is 0.0795. The van der Waals surface area contributed by atoms with Crippen LogP contribution >= 0.6 is 7.82 Å². The van der Waals surface area contributed by atoms with Gasteiger partial charge in [-0.1, -0.05) is 158 Å². The van der Waals surface area contributed by atoms with Crippen LogP contribution in [0, 0.1) is 0 Å². The summed E-state index contributed by atoms with van der Waals surface area (Å²) >= 11 is 0. The van der Waals surface area contributed by atoms with Gasteiger partial charge < -0.3 is 20.1 Å². The molecule has 0 radical (unpaired) electrons. The summed E-state index contributed by atoms with van der Waals surface area (Å²) in [6, 6.07) is 0. The standard InChI is InChI=1S/C43H76NO8P/c1-3-5-7-9-11-13-14-15-16-17-18-19-20-21-22-23-24-25-26-28-30-32-34-36-43(47)50-39-41(45)40-52-53(48,49)51-38-37-44-42(46)35-33-31-29-27-12-10-8-6-4-2/h5,7,11,13,15-16,18-19,21-22,41,45H,3-4,6,8-10,12,14,17,20,23-40H2,1-2H3,(H,44,46)(H,48,49)/b7-5-,13-11-,16-15-,19-18-,22-21-. The normalized spacial score (nSPS) is 14.0. The monoisotopic (exact) mass is 766 g/mol. The first-order chi connectivity index (χ1) is 25.8. The number of phosphoric acid groups is 1. The molecule has 10 heteroatoms. The summed E-state index contributed by atoms with van der Waals surface area (Å²) in [7, 11) is -4.41. The Kier molecular flexibility index (Phi) is 37.7. The summed E-state index contributed by atoms with van der Waals surface area (Å²) in [4.78, 5) is 33.8. The van der Waals surface area contributed by atoms with E-state index in [0.717, 1.165) is 83.5 Å². The molecule has 306 valence electrons. The number of phosphoric ester groups is 1. The van der Waals surface area contributed by atoms with E-state index in [2.05, 4.69) is 79.9 Å². The van der Waals surface area contributed by atoms with E-state index >= 15 is 0 Å². The molecule has 2 atom stereocenters. The van der Waals surface area contributed by atoms with Crippen LogP contribution in [0.1, 0.15) is 168 Å². The van der Waals surface area contributed by atoms with Gasteiger partial charge in [-0.3, -0.25) is 18.6 Å². The maximum atomic E-state index is 12.0. The van der Waals surface area contributed by atoms with Crippen molar-refractivity contribution in [3.05, 3.63) is 60.8 Å². The van der Waals surface area contributed by atoms with Gasteiger partial charge in [-0.05, 0) is 57.8 Å². The molecule has 2 unspecified atom stereocenters.